The van der Waals surface area contributed by atoms with E-state index in [9.17, 15) is 4.79 Å². The van der Waals surface area contributed by atoms with Crippen molar-refractivity contribution in [2.75, 3.05) is 6.54 Å². The molecule has 1 fully saturated rings. The van der Waals surface area contributed by atoms with Crippen molar-refractivity contribution in [3.63, 3.8) is 0 Å². The Balaban J connectivity index is 1.32. The summed E-state index contributed by atoms with van der Waals surface area (Å²) in [6, 6.07) is 16.0. The number of carbonyl (C=O) groups excluding carboxylic acids is 1. The fourth-order valence-corrected chi connectivity index (χ4v) is 4.22. The molecule has 0 unspecified atom stereocenters. The molecule has 1 aliphatic carbocycles. The molecular formula is C25H25N5O. The van der Waals surface area contributed by atoms with Gasteiger partial charge in [-0.25, -0.2) is 0 Å². The molecule has 0 atom stereocenters. The molecule has 0 saturated heterocycles. The van der Waals surface area contributed by atoms with Gasteiger partial charge in [0.1, 0.15) is 0 Å². The van der Waals surface area contributed by atoms with Crippen LogP contribution in [-0.4, -0.2) is 32.4 Å². The maximum Gasteiger partial charge on any atom is 0.251 e. The van der Waals surface area contributed by atoms with Crippen molar-refractivity contribution in [3.8, 4) is 11.1 Å². The van der Waals surface area contributed by atoms with Crippen molar-refractivity contribution in [3.05, 3.63) is 77.9 Å². The Kier molecular flexibility index (Phi) is 4.77. The number of rotatable bonds is 6. The summed E-state index contributed by atoms with van der Waals surface area (Å²) < 4.78 is 2.07. The van der Waals surface area contributed by atoms with E-state index in [2.05, 4.69) is 44.4 Å². The summed E-state index contributed by atoms with van der Waals surface area (Å²) in [4.78, 5) is 12.9. The number of aromatic nitrogens is 4. The van der Waals surface area contributed by atoms with Crippen LogP contribution >= 0.6 is 0 Å². The van der Waals surface area contributed by atoms with E-state index in [4.69, 9.17) is 0 Å². The van der Waals surface area contributed by atoms with Crippen molar-refractivity contribution < 1.29 is 4.79 Å². The number of hydrogen-bond acceptors (Lipinski definition) is 4. The van der Waals surface area contributed by atoms with Gasteiger partial charge in [-0.3, -0.25) is 9.48 Å². The van der Waals surface area contributed by atoms with Gasteiger partial charge in [-0.2, -0.15) is 15.3 Å². The van der Waals surface area contributed by atoms with E-state index in [0.29, 0.717) is 12.1 Å². The fraction of sp³-hybridized carbons (Fsp3) is 0.280. The summed E-state index contributed by atoms with van der Waals surface area (Å²) in [5.74, 6) is -0.0301. The third-order valence-electron chi connectivity index (χ3n) is 6.21. The third-order valence-corrected chi connectivity index (χ3v) is 6.21. The summed E-state index contributed by atoms with van der Waals surface area (Å²) in [7, 11) is 0. The molecule has 1 aliphatic rings. The predicted octanol–water partition coefficient (Wildman–Crippen LogP) is 4.32. The third kappa shape index (κ3) is 3.93. The van der Waals surface area contributed by atoms with Crippen molar-refractivity contribution in [1.82, 2.24) is 25.3 Å². The average Bonchev–Trinajstić information content (AvgIpc) is 3.48. The molecule has 31 heavy (non-hydrogen) atoms. The first-order valence-electron chi connectivity index (χ1n) is 10.6. The lowest BCUT2D eigenvalue weighted by atomic mass is 9.98. The maximum absolute atomic E-state index is 12.9. The van der Waals surface area contributed by atoms with Crippen LogP contribution < -0.4 is 5.32 Å². The van der Waals surface area contributed by atoms with Crippen LogP contribution in [0.15, 0.2) is 60.9 Å². The Bertz CT molecular complexity index is 1260. The predicted molar refractivity (Wildman–Crippen MR) is 121 cm³/mol. The van der Waals surface area contributed by atoms with E-state index in [0.717, 1.165) is 47.0 Å². The van der Waals surface area contributed by atoms with E-state index in [1.807, 2.05) is 43.3 Å². The molecule has 0 radical (unpaired) electrons. The summed E-state index contributed by atoms with van der Waals surface area (Å²) >= 11 is 0. The van der Waals surface area contributed by atoms with Crippen molar-refractivity contribution in [2.24, 2.45) is 5.41 Å². The molecule has 0 aliphatic heterocycles. The van der Waals surface area contributed by atoms with Gasteiger partial charge in [0, 0.05) is 35.3 Å². The van der Waals surface area contributed by atoms with E-state index < -0.39 is 0 Å². The molecule has 2 aromatic heterocycles. The molecule has 5 rings (SSSR count). The van der Waals surface area contributed by atoms with Crippen molar-refractivity contribution in [1.29, 1.82) is 0 Å². The largest absolute Gasteiger partial charge is 0.351 e. The summed E-state index contributed by atoms with van der Waals surface area (Å²) in [5, 5.41) is 17.7. The van der Waals surface area contributed by atoms with Gasteiger partial charge in [-0.05, 0) is 67.3 Å². The Morgan fingerprint density at radius 1 is 1.10 bits per heavy atom. The zero-order valence-electron chi connectivity index (χ0n) is 17.8. The average molecular weight is 412 g/mol. The molecule has 6 nitrogen and oxygen atoms in total. The zero-order valence-corrected chi connectivity index (χ0v) is 17.8. The summed E-state index contributed by atoms with van der Waals surface area (Å²) in [5.41, 5.74) is 5.11. The Hall–Kier alpha value is -3.54. The van der Waals surface area contributed by atoms with Crippen LogP contribution in [0, 0.1) is 19.3 Å². The second-order valence-electron chi connectivity index (χ2n) is 8.64. The minimum atomic E-state index is -0.0301. The quantitative estimate of drug-likeness (QED) is 0.513. The SMILES string of the molecule is Cc1cc(C)n(CC2(CNC(=O)c3ccc4c(-c5ccnnc5)cccc4c3)CC2)n1. The van der Waals surface area contributed by atoms with E-state index in [-0.39, 0.29) is 11.3 Å². The highest BCUT2D eigenvalue weighted by Crippen LogP contribution is 2.46. The topological polar surface area (TPSA) is 72.7 Å². The summed E-state index contributed by atoms with van der Waals surface area (Å²) in [6.07, 6.45) is 5.68. The van der Waals surface area contributed by atoms with Crippen molar-refractivity contribution in [2.45, 2.75) is 33.2 Å². The molecule has 156 valence electrons. The fourth-order valence-electron chi connectivity index (χ4n) is 4.22. The van der Waals surface area contributed by atoms with Gasteiger partial charge < -0.3 is 5.32 Å². The molecule has 2 heterocycles. The van der Waals surface area contributed by atoms with Gasteiger partial charge in [0.25, 0.3) is 5.91 Å². The summed E-state index contributed by atoms with van der Waals surface area (Å²) in [6.45, 7) is 5.63. The van der Waals surface area contributed by atoms with Crippen molar-refractivity contribution >= 4 is 16.7 Å². The zero-order chi connectivity index (χ0) is 21.4. The second kappa shape index (κ2) is 7.61. The molecule has 4 aromatic rings. The van der Waals surface area contributed by atoms with Crippen LogP contribution in [0.3, 0.4) is 0 Å². The molecule has 6 heteroatoms. The van der Waals surface area contributed by atoms with Gasteiger partial charge in [-0.15, -0.1) is 0 Å². The Labute approximate surface area is 181 Å². The number of benzene rings is 2. The van der Waals surface area contributed by atoms with Crippen LogP contribution in [0.2, 0.25) is 0 Å². The van der Waals surface area contributed by atoms with Crippen LogP contribution in [-0.2, 0) is 6.54 Å². The lowest BCUT2D eigenvalue weighted by molar-refractivity contribution is 0.0942. The van der Waals surface area contributed by atoms with E-state index >= 15 is 0 Å². The molecule has 2 aromatic carbocycles. The highest BCUT2D eigenvalue weighted by molar-refractivity contribution is 6.02. The second-order valence-corrected chi connectivity index (χ2v) is 8.64. The van der Waals surface area contributed by atoms with Gasteiger partial charge >= 0.3 is 0 Å². The van der Waals surface area contributed by atoms with Gasteiger partial charge in [0.15, 0.2) is 0 Å². The number of amides is 1. The maximum atomic E-state index is 12.9. The number of carbonyl (C=O) groups is 1. The number of fused-ring (bicyclic) bond motifs is 1. The highest BCUT2D eigenvalue weighted by Gasteiger charge is 2.43. The van der Waals surface area contributed by atoms with Gasteiger partial charge in [0.05, 0.1) is 18.1 Å². The minimum absolute atomic E-state index is 0.0301. The van der Waals surface area contributed by atoms with Crippen LogP contribution in [0.25, 0.3) is 21.9 Å². The molecule has 0 bridgehead atoms. The molecule has 0 spiro atoms. The number of aryl methyl sites for hydroxylation is 2. The van der Waals surface area contributed by atoms with Crippen LogP contribution in [0.1, 0.15) is 34.6 Å². The molecule has 1 amide bonds. The minimum Gasteiger partial charge on any atom is -0.351 e. The lowest BCUT2D eigenvalue weighted by Crippen LogP contribution is -2.32. The monoisotopic (exact) mass is 411 g/mol. The number of hydrogen-bond donors (Lipinski definition) is 1. The Morgan fingerprint density at radius 2 is 1.97 bits per heavy atom. The first kappa shape index (κ1) is 19.4. The molecule has 1 saturated carbocycles. The molecule has 1 N–H and O–H groups in total. The van der Waals surface area contributed by atoms with Gasteiger partial charge in [-0.1, -0.05) is 24.3 Å². The first-order chi connectivity index (χ1) is 15.0. The van der Waals surface area contributed by atoms with E-state index in [1.54, 1.807) is 12.4 Å². The standard InChI is InChI=1S/C25H25N5O/c1-17-12-18(2)30(29-17)16-25(9-10-25)15-26-24(31)20-6-7-23-19(13-20)4-3-5-22(23)21-8-11-27-28-14-21/h3-8,11-14H,9-10,15-16H2,1-2H3,(H,26,31). The number of nitrogens with zero attached hydrogens (tertiary/aromatic N) is 4. The van der Waals surface area contributed by atoms with Gasteiger partial charge in [0.2, 0.25) is 0 Å². The van der Waals surface area contributed by atoms with Crippen LogP contribution in [0.4, 0.5) is 0 Å². The number of nitrogens with one attached hydrogen (secondary N) is 1. The normalized spacial score (nSPS) is 14.5. The smallest absolute Gasteiger partial charge is 0.251 e. The first-order valence-corrected chi connectivity index (χ1v) is 10.6. The lowest BCUT2D eigenvalue weighted by Gasteiger charge is -2.17. The van der Waals surface area contributed by atoms with Crippen LogP contribution in [0.5, 0.6) is 0 Å². The van der Waals surface area contributed by atoms with E-state index in [1.165, 1.54) is 5.69 Å². The Morgan fingerprint density at radius 3 is 2.68 bits per heavy atom. The molecular weight excluding hydrogens is 386 g/mol. The highest BCUT2D eigenvalue weighted by atomic mass is 16.1.